The van der Waals surface area contributed by atoms with E-state index in [0.29, 0.717) is 12.2 Å². The number of nitrogen functional groups attached to an aromatic ring is 1. The van der Waals surface area contributed by atoms with Crippen LogP contribution in [0, 0.1) is 0 Å². The van der Waals surface area contributed by atoms with Crippen molar-refractivity contribution in [3.05, 3.63) is 24.3 Å². The molecule has 1 fully saturated rings. The molecule has 7 nitrogen and oxygen atoms in total. The monoisotopic (exact) mass is 312 g/mol. The Labute approximate surface area is 124 Å². The fraction of sp³-hybridized carbons (Fsp3) is 0.462. The highest BCUT2D eigenvalue weighted by Crippen LogP contribution is 2.31. The Kier molecular flexibility index (Phi) is 3.96. The Balaban J connectivity index is 2.51. The number of nitrogens with one attached hydrogen (secondary N) is 1. The van der Waals surface area contributed by atoms with Crippen molar-refractivity contribution in [3.8, 4) is 0 Å². The van der Waals surface area contributed by atoms with Gasteiger partial charge in [0.25, 0.3) is 0 Å². The lowest BCUT2D eigenvalue weighted by atomic mass is 10.0. The second-order valence-corrected chi connectivity index (χ2v) is 7.33. The Morgan fingerprint density at radius 1 is 1.24 bits per heavy atom. The summed E-state index contributed by atoms with van der Waals surface area (Å²) in [7, 11) is -2.16. The maximum absolute atomic E-state index is 12.9. The van der Waals surface area contributed by atoms with Gasteiger partial charge in [-0.05, 0) is 26.0 Å². The Morgan fingerprint density at radius 3 is 2.48 bits per heavy atom. The summed E-state index contributed by atoms with van der Waals surface area (Å²) in [4.78, 5) is 13.9. The number of hydrogen-bond donors (Lipinski definition) is 2. The number of para-hydroxylation sites is 1. The van der Waals surface area contributed by atoms with Crippen LogP contribution in [0.25, 0.3) is 0 Å². The standard InChI is InChI=1S/C13H20N4O3S/c1-13(2)12(18)16(3)8-9-17(13)21(19,20)11-7-5-4-6-10(11)15-14/h4-7,15H,8-9,14H2,1-3H3. The molecule has 116 valence electrons. The predicted molar refractivity (Wildman–Crippen MR) is 79.9 cm³/mol. The number of benzene rings is 1. The summed E-state index contributed by atoms with van der Waals surface area (Å²) in [5.41, 5.74) is 1.56. The lowest BCUT2D eigenvalue weighted by molar-refractivity contribution is -0.142. The van der Waals surface area contributed by atoms with Crippen molar-refractivity contribution in [2.75, 3.05) is 25.6 Å². The molecule has 0 unspecified atom stereocenters. The minimum Gasteiger partial charge on any atom is -0.343 e. The fourth-order valence-corrected chi connectivity index (χ4v) is 4.44. The van der Waals surface area contributed by atoms with Crippen LogP contribution in [0.3, 0.4) is 0 Å². The minimum atomic E-state index is -3.83. The van der Waals surface area contributed by atoms with Crippen molar-refractivity contribution in [1.29, 1.82) is 0 Å². The number of rotatable bonds is 3. The SMILES string of the molecule is CN1CCN(S(=O)(=O)c2ccccc2NN)C(C)(C)C1=O. The van der Waals surface area contributed by atoms with E-state index in [1.807, 2.05) is 0 Å². The van der Waals surface area contributed by atoms with E-state index in [2.05, 4.69) is 5.43 Å². The zero-order valence-electron chi connectivity index (χ0n) is 12.3. The van der Waals surface area contributed by atoms with E-state index in [1.54, 1.807) is 44.0 Å². The van der Waals surface area contributed by atoms with Crippen LogP contribution in [0.15, 0.2) is 29.2 Å². The third-order valence-corrected chi connectivity index (χ3v) is 5.87. The highest BCUT2D eigenvalue weighted by Gasteiger charge is 2.47. The number of carbonyl (C=O) groups is 1. The largest absolute Gasteiger partial charge is 0.343 e. The molecular formula is C13H20N4O3S. The maximum atomic E-state index is 12.9. The molecule has 1 amide bonds. The molecule has 0 aromatic heterocycles. The number of piperazine rings is 1. The van der Waals surface area contributed by atoms with Crippen LogP contribution < -0.4 is 11.3 Å². The van der Waals surface area contributed by atoms with Gasteiger partial charge in [0, 0.05) is 20.1 Å². The number of hydrazine groups is 1. The molecule has 0 radical (unpaired) electrons. The fourth-order valence-electron chi connectivity index (χ4n) is 2.55. The summed E-state index contributed by atoms with van der Waals surface area (Å²) in [5, 5.41) is 0. The first-order valence-electron chi connectivity index (χ1n) is 6.57. The summed E-state index contributed by atoms with van der Waals surface area (Å²) < 4.78 is 27.0. The number of carbonyl (C=O) groups excluding carboxylic acids is 1. The third kappa shape index (κ3) is 2.50. The molecule has 0 aliphatic carbocycles. The number of hydrogen-bond acceptors (Lipinski definition) is 5. The molecule has 0 saturated carbocycles. The zero-order valence-corrected chi connectivity index (χ0v) is 13.1. The normalized spacial score (nSPS) is 19.6. The molecule has 1 aromatic rings. The number of anilines is 1. The van der Waals surface area contributed by atoms with Crippen LogP contribution >= 0.6 is 0 Å². The molecule has 1 aromatic carbocycles. The lowest BCUT2D eigenvalue weighted by Crippen LogP contribution is -2.63. The van der Waals surface area contributed by atoms with E-state index in [9.17, 15) is 13.2 Å². The first kappa shape index (κ1) is 15.7. The summed E-state index contributed by atoms with van der Waals surface area (Å²) in [6, 6.07) is 6.37. The molecule has 1 heterocycles. The molecule has 1 aliphatic rings. The Bertz CT molecular complexity index is 657. The van der Waals surface area contributed by atoms with Gasteiger partial charge < -0.3 is 10.3 Å². The number of nitrogens with zero attached hydrogens (tertiary/aromatic N) is 2. The molecule has 21 heavy (non-hydrogen) atoms. The average molecular weight is 312 g/mol. The van der Waals surface area contributed by atoms with Crippen molar-refractivity contribution in [3.63, 3.8) is 0 Å². The van der Waals surface area contributed by atoms with E-state index >= 15 is 0 Å². The first-order chi connectivity index (χ1) is 9.72. The maximum Gasteiger partial charge on any atom is 0.246 e. The zero-order chi connectivity index (χ0) is 15.8. The number of sulfonamides is 1. The van der Waals surface area contributed by atoms with E-state index in [-0.39, 0.29) is 17.3 Å². The average Bonchev–Trinajstić information content (AvgIpc) is 2.44. The van der Waals surface area contributed by atoms with Gasteiger partial charge in [-0.25, -0.2) is 8.42 Å². The molecule has 2 rings (SSSR count). The topological polar surface area (TPSA) is 95.7 Å². The van der Waals surface area contributed by atoms with Crippen LogP contribution in [0.5, 0.6) is 0 Å². The molecule has 3 N–H and O–H groups in total. The number of nitrogens with two attached hydrogens (primary N) is 1. The molecule has 1 aliphatic heterocycles. The van der Waals surface area contributed by atoms with Crippen molar-refractivity contribution in [2.45, 2.75) is 24.3 Å². The van der Waals surface area contributed by atoms with Crippen molar-refractivity contribution in [2.24, 2.45) is 5.84 Å². The van der Waals surface area contributed by atoms with Crippen LogP contribution in [-0.4, -0.2) is 49.2 Å². The third-order valence-electron chi connectivity index (χ3n) is 3.74. The van der Waals surface area contributed by atoms with Gasteiger partial charge in [-0.15, -0.1) is 0 Å². The Morgan fingerprint density at radius 2 is 1.86 bits per heavy atom. The van der Waals surface area contributed by atoms with Crippen LogP contribution in [0.4, 0.5) is 5.69 Å². The second-order valence-electron chi connectivity index (χ2n) is 5.50. The smallest absolute Gasteiger partial charge is 0.246 e. The summed E-state index contributed by atoms with van der Waals surface area (Å²) >= 11 is 0. The van der Waals surface area contributed by atoms with Gasteiger partial charge in [-0.3, -0.25) is 10.6 Å². The van der Waals surface area contributed by atoms with E-state index in [1.165, 1.54) is 10.4 Å². The molecular weight excluding hydrogens is 292 g/mol. The van der Waals surface area contributed by atoms with Gasteiger partial charge in [0.15, 0.2) is 0 Å². The summed E-state index contributed by atoms with van der Waals surface area (Å²) in [5.74, 6) is 5.16. The number of amides is 1. The van der Waals surface area contributed by atoms with Crippen molar-refractivity contribution in [1.82, 2.24) is 9.21 Å². The number of likely N-dealkylation sites (N-methyl/N-ethyl adjacent to an activating group) is 1. The first-order valence-corrected chi connectivity index (χ1v) is 8.01. The van der Waals surface area contributed by atoms with Crippen LogP contribution in [-0.2, 0) is 14.8 Å². The van der Waals surface area contributed by atoms with Gasteiger partial charge >= 0.3 is 0 Å². The molecule has 1 saturated heterocycles. The van der Waals surface area contributed by atoms with Crippen LogP contribution in [0.2, 0.25) is 0 Å². The van der Waals surface area contributed by atoms with Gasteiger partial charge in [0.2, 0.25) is 15.9 Å². The van der Waals surface area contributed by atoms with Crippen molar-refractivity contribution >= 4 is 21.6 Å². The molecule has 8 heteroatoms. The quantitative estimate of drug-likeness (QED) is 0.614. The Hall–Kier alpha value is -1.64. The second kappa shape index (κ2) is 5.28. The van der Waals surface area contributed by atoms with Gasteiger partial charge in [0.05, 0.1) is 5.69 Å². The van der Waals surface area contributed by atoms with Gasteiger partial charge in [-0.2, -0.15) is 4.31 Å². The van der Waals surface area contributed by atoms with E-state index in [0.717, 1.165) is 0 Å². The van der Waals surface area contributed by atoms with Crippen molar-refractivity contribution < 1.29 is 13.2 Å². The van der Waals surface area contributed by atoms with Crippen LogP contribution in [0.1, 0.15) is 13.8 Å². The van der Waals surface area contributed by atoms with Gasteiger partial charge in [0.1, 0.15) is 10.4 Å². The highest BCUT2D eigenvalue weighted by molar-refractivity contribution is 7.89. The van der Waals surface area contributed by atoms with Gasteiger partial charge in [-0.1, -0.05) is 12.1 Å². The lowest BCUT2D eigenvalue weighted by Gasteiger charge is -2.43. The molecule has 0 spiro atoms. The molecule has 0 atom stereocenters. The summed E-state index contributed by atoms with van der Waals surface area (Å²) in [6.45, 7) is 3.83. The van der Waals surface area contributed by atoms with E-state index < -0.39 is 15.6 Å². The minimum absolute atomic E-state index is 0.0675. The predicted octanol–water partition coefficient (Wildman–Crippen LogP) is 0.214. The van der Waals surface area contributed by atoms with E-state index in [4.69, 9.17) is 5.84 Å². The summed E-state index contributed by atoms with van der Waals surface area (Å²) in [6.07, 6.45) is 0. The highest BCUT2D eigenvalue weighted by atomic mass is 32.2. The molecule has 0 bridgehead atoms.